The van der Waals surface area contributed by atoms with Gasteiger partial charge in [0.05, 0.1) is 0 Å². The summed E-state index contributed by atoms with van der Waals surface area (Å²) in [5, 5.41) is 0. The normalized spacial score (nSPS) is 28.0. The minimum atomic E-state index is 0.124. The molecule has 0 aromatic heterocycles. The third kappa shape index (κ3) is 3.37. The van der Waals surface area contributed by atoms with E-state index in [4.69, 9.17) is 5.73 Å². The van der Waals surface area contributed by atoms with Gasteiger partial charge < -0.3 is 5.73 Å². The zero-order chi connectivity index (χ0) is 13.8. The molecule has 0 bridgehead atoms. The lowest BCUT2D eigenvalue weighted by molar-refractivity contribution is 0.0615. The zero-order valence-corrected chi connectivity index (χ0v) is 12.5. The van der Waals surface area contributed by atoms with E-state index in [2.05, 4.69) is 56.0 Å². The smallest absolute Gasteiger partial charge is 0.0453 e. The van der Waals surface area contributed by atoms with Gasteiger partial charge in [0.15, 0.2) is 0 Å². The largest absolute Gasteiger partial charge is 0.323 e. The Labute approximate surface area is 118 Å². The molecule has 1 aromatic carbocycles. The Kier molecular flexibility index (Phi) is 5.00. The van der Waals surface area contributed by atoms with Crippen LogP contribution in [0.15, 0.2) is 30.3 Å². The SMILES string of the molecule is CCC(C(N)c1ccccc1)N1CC(C)CCC1C. The summed E-state index contributed by atoms with van der Waals surface area (Å²) in [4.78, 5) is 2.64. The van der Waals surface area contributed by atoms with Crippen molar-refractivity contribution in [3.05, 3.63) is 35.9 Å². The maximum absolute atomic E-state index is 6.55. The molecule has 106 valence electrons. The molecule has 1 heterocycles. The highest BCUT2D eigenvalue weighted by Gasteiger charge is 2.31. The fourth-order valence-corrected chi connectivity index (χ4v) is 3.38. The summed E-state index contributed by atoms with van der Waals surface area (Å²) < 4.78 is 0. The van der Waals surface area contributed by atoms with Gasteiger partial charge >= 0.3 is 0 Å². The van der Waals surface area contributed by atoms with Crippen LogP contribution in [-0.2, 0) is 0 Å². The number of hydrogen-bond acceptors (Lipinski definition) is 2. The van der Waals surface area contributed by atoms with Crippen molar-refractivity contribution in [1.29, 1.82) is 0 Å². The molecular formula is C17H28N2. The van der Waals surface area contributed by atoms with E-state index in [1.807, 2.05) is 0 Å². The van der Waals surface area contributed by atoms with E-state index >= 15 is 0 Å². The van der Waals surface area contributed by atoms with E-state index in [0.29, 0.717) is 12.1 Å². The Morgan fingerprint density at radius 2 is 1.89 bits per heavy atom. The van der Waals surface area contributed by atoms with Crippen molar-refractivity contribution in [1.82, 2.24) is 4.90 Å². The van der Waals surface area contributed by atoms with Crippen LogP contribution >= 0.6 is 0 Å². The summed E-state index contributed by atoms with van der Waals surface area (Å²) in [6.07, 6.45) is 3.78. The van der Waals surface area contributed by atoms with E-state index in [1.54, 1.807) is 0 Å². The first kappa shape index (κ1) is 14.5. The molecule has 2 rings (SSSR count). The van der Waals surface area contributed by atoms with Crippen LogP contribution in [0.25, 0.3) is 0 Å². The highest BCUT2D eigenvalue weighted by Crippen LogP contribution is 2.29. The molecule has 1 saturated heterocycles. The molecule has 0 saturated carbocycles. The standard InChI is InChI=1S/C17H28N2/c1-4-16(17(18)15-8-6-5-7-9-15)19-12-13(2)10-11-14(19)3/h5-9,13-14,16-17H,4,10-12,18H2,1-3H3. The molecule has 2 N–H and O–H groups in total. The second kappa shape index (κ2) is 6.53. The van der Waals surface area contributed by atoms with Crippen molar-refractivity contribution in [2.24, 2.45) is 11.7 Å². The van der Waals surface area contributed by atoms with Crippen LogP contribution in [0.2, 0.25) is 0 Å². The molecule has 2 heteroatoms. The molecule has 1 aliphatic rings. The number of nitrogens with two attached hydrogens (primary N) is 1. The molecule has 4 unspecified atom stereocenters. The molecular weight excluding hydrogens is 232 g/mol. The van der Waals surface area contributed by atoms with E-state index in [9.17, 15) is 0 Å². The number of benzene rings is 1. The van der Waals surface area contributed by atoms with Gasteiger partial charge in [-0.05, 0) is 37.7 Å². The van der Waals surface area contributed by atoms with Crippen LogP contribution in [0.1, 0.15) is 51.6 Å². The Morgan fingerprint density at radius 1 is 1.21 bits per heavy atom. The first-order valence-electron chi connectivity index (χ1n) is 7.69. The first-order valence-corrected chi connectivity index (χ1v) is 7.69. The molecule has 19 heavy (non-hydrogen) atoms. The number of nitrogens with zero attached hydrogens (tertiary/aromatic N) is 1. The van der Waals surface area contributed by atoms with Crippen LogP contribution in [-0.4, -0.2) is 23.5 Å². The van der Waals surface area contributed by atoms with Crippen LogP contribution in [0, 0.1) is 5.92 Å². The van der Waals surface area contributed by atoms with Gasteiger partial charge in [0.25, 0.3) is 0 Å². The van der Waals surface area contributed by atoms with E-state index in [-0.39, 0.29) is 6.04 Å². The van der Waals surface area contributed by atoms with Crippen molar-refractivity contribution < 1.29 is 0 Å². The molecule has 1 fully saturated rings. The monoisotopic (exact) mass is 260 g/mol. The fraction of sp³-hybridized carbons (Fsp3) is 0.647. The highest BCUT2D eigenvalue weighted by atomic mass is 15.2. The summed E-state index contributed by atoms with van der Waals surface area (Å²) in [7, 11) is 0. The number of rotatable bonds is 4. The minimum absolute atomic E-state index is 0.124. The van der Waals surface area contributed by atoms with Gasteiger partial charge in [-0.1, -0.05) is 44.2 Å². The molecule has 4 atom stereocenters. The maximum Gasteiger partial charge on any atom is 0.0453 e. The van der Waals surface area contributed by atoms with Crippen LogP contribution < -0.4 is 5.73 Å². The molecule has 2 nitrogen and oxygen atoms in total. The topological polar surface area (TPSA) is 29.3 Å². The van der Waals surface area contributed by atoms with E-state index < -0.39 is 0 Å². The summed E-state index contributed by atoms with van der Waals surface area (Å²) in [5.41, 5.74) is 7.81. The predicted octanol–water partition coefficient (Wildman–Crippen LogP) is 3.59. The fourth-order valence-electron chi connectivity index (χ4n) is 3.38. The lowest BCUT2D eigenvalue weighted by Crippen LogP contribution is -2.51. The Balaban J connectivity index is 2.14. The lowest BCUT2D eigenvalue weighted by Gasteiger charge is -2.44. The number of piperidine rings is 1. The second-order valence-corrected chi connectivity index (χ2v) is 6.14. The van der Waals surface area contributed by atoms with E-state index in [0.717, 1.165) is 12.3 Å². The molecule has 0 amide bonds. The van der Waals surface area contributed by atoms with Gasteiger partial charge in [0.1, 0.15) is 0 Å². The van der Waals surface area contributed by atoms with Gasteiger partial charge in [-0.2, -0.15) is 0 Å². The Bertz CT molecular complexity index is 376. The van der Waals surface area contributed by atoms with Crippen molar-refractivity contribution in [2.45, 2.75) is 58.2 Å². The Morgan fingerprint density at radius 3 is 2.53 bits per heavy atom. The van der Waals surface area contributed by atoms with Gasteiger partial charge in [0, 0.05) is 24.7 Å². The van der Waals surface area contributed by atoms with Crippen molar-refractivity contribution in [3.63, 3.8) is 0 Å². The molecule has 0 aliphatic carbocycles. The van der Waals surface area contributed by atoms with Gasteiger partial charge in [-0.15, -0.1) is 0 Å². The average molecular weight is 260 g/mol. The average Bonchev–Trinajstić information content (AvgIpc) is 2.44. The summed E-state index contributed by atoms with van der Waals surface area (Å²) in [5.74, 6) is 0.799. The maximum atomic E-state index is 6.55. The summed E-state index contributed by atoms with van der Waals surface area (Å²) >= 11 is 0. The Hall–Kier alpha value is -0.860. The second-order valence-electron chi connectivity index (χ2n) is 6.14. The third-order valence-electron chi connectivity index (χ3n) is 4.61. The quantitative estimate of drug-likeness (QED) is 0.896. The minimum Gasteiger partial charge on any atom is -0.323 e. The summed E-state index contributed by atoms with van der Waals surface area (Å²) in [6.45, 7) is 8.17. The zero-order valence-electron chi connectivity index (χ0n) is 12.5. The van der Waals surface area contributed by atoms with Crippen molar-refractivity contribution in [3.8, 4) is 0 Å². The van der Waals surface area contributed by atoms with Gasteiger partial charge in [-0.25, -0.2) is 0 Å². The van der Waals surface area contributed by atoms with Gasteiger partial charge in [-0.3, -0.25) is 4.90 Å². The van der Waals surface area contributed by atoms with Crippen LogP contribution in [0.4, 0.5) is 0 Å². The van der Waals surface area contributed by atoms with Crippen LogP contribution in [0.3, 0.4) is 0 Å². The van der Waals surface area contributed by atoms with Crippen molar-refractivity contribution in [2.75, 3.05) is 6.54 Å². The summed E-state index contributed by atoms with van der Waals surface area (Å²) in [6, 6.07) is 11.8. The molecule has 1 aliphatic heterocycles. The van der Waals surface area contributed by atoms with Crippen molar-refractivity contribution >= 4 is 0 Å². The number of likely N-dealkylation sites (tertiary alicyclic amines) is 1. The number of hydrogen-bond donors (Lipinski definition) is 1. The molecule has 0 radical (unpaired) electrons. The lowest BCUT2D eigenvalue weighted by atomic mass is 9.89. The van der Waals surface area contributed by atoms with Gasteiger partial charge in [0.2, 0.25) is 0 Å². The molecule has 0 spiro atoms. The van der Waals surface area contributed by atoms with E-state index in [1.165, 1.54) is 24.9 Å². The highest BCUT2D eigenvalue weighted by molar-refractivity contribution is 5.20. The first-order chi connectivity index (χ1) is 9.13. The third-order valence-corrected chi connectivity index (χ3v) is 4.61. The molecule has 1 aromatic rings. The van der Waals surface area contributed by atoms with Crippen LogP contribution in [0.5, 0.6) is 0 Å². The predicted molar refractivity (Wildman–Crippen MR) is 82.0 cm³/mol.